The number of imidazole rings is 1. The molecule has 0 saturated carbocycles. The van der Waals surface area contributed by atoms with Gasteiger partial charge in [0.05, 0.1) is 18.3 Å². The third-order valence-electron chi connectivity index (χ3n) is 5.97. The highest BCUT2D eigenvalue weighted by atomic mass is 19.4. The second kappa shape index (κ2) is 11.9. The quantitative estimate of drug-likeness (QED) is 0.186. The van der Waals surface area contributed by atoms with Crippen LogP contribution in [-0.2, 0) is 27.3 Å². The number of ether oxygens (including phenoxy) is 1. The normalized spacial score (nSPS) is 11.9. The summed E-state index contributed by atoms with van der Waals surface area (Å²) >= 11 is 0. The molecule has 0 aliphatic rings. The van der Waals surface area contributed by atoms with E-state index in [2.05, 4.69) is 20.4 Å². The van der Waals surface area contributed by atoms with E-state index in [9.17, 15) is 31.9 Å². The SMILES string of the molecule is C[C@@H](NC(=O)Cc1cncn1Cc1ccc(C#N)c(F)c1)C(=O)Nc1cccc2ccc(OC(=O)C(F)(F)F)cc12. The molecule has 3 aromatic carbocycles. The lowest BCUT2D eigenvalue weighted by Gasteiger charge is -2.16. The number of fused-ring (bicyclic) bond motifs is 1. The van der Waals surface area contributed by atoms with Gasteiger partial charge in [-0.15, -0.1) is 0 Å². The van der Waals surface area contributed by atoms with E-state index in [4.69, 9.17) is 5.26 Å². The predicted molar refractivity (Wildman–Crippen MR) is 138 cm³/mol. The summed E-state index contributed by atoms with van der Waals surface area (Å²) in [5.41, 5.74) is 1.20. The van der Waals surface area contributed by atoms with Crippen molar-refractivity contribution in [1.82, 2.24) is 14.9 Å². The van der Waals surface area contributed by atoms with Crippen LogP contribution in [0.1, 0.15) is 23.7 Å². The summed E-state index contributed by atoms with van der Waals surface area (Å²) in [5, 5.41) is 15.0. The number of nitriles is 1. The molecule has 0 radical (unpaired) electrons. The molecule has 2 amide bonds. The largest absolute Gasteiger partial charge is 0.491 e. The van der Waals surface area contributed by atoms with Crippen molar-refractivity contribution >= 4 is 34.2 Å². The smallest absolute Gasteiger partial charge is 0.420 e. The number of carbonyl (C=O) groups excluding carboxylic acids is 3. The van der Waals surface area contributed by atoms with Gasteiger partial charge in [-0.1, -0.05) is 24.3 Å². The zero-order valence-electron chi connectivity index (χ0n) is 21.3. The Balaban J connectivity index is 1.40. The van der Waals surface area contributed by atoms with Gasteiger partial charge < -0.3 is 19.9 Å². The summed E-state index contributed by atoms with van der Waals surface area (Å²) in [6, 6.07) is 13.5. The van der Waals surface area contributed by atoms with Crippen LogP contribution in [0.3, 0.4) is 0 Å². The average Bonchev–Trinajstić information content (AvgIpc) is 3.34. The fraction of sp³-hybridized carbons (Fsp3) is 0.179. The number of benzene rings is 3. The number of nitrogens with one attached hydrogen (secondary N) is 2. The van der Waals surface area contributed by atoms with E-state index in [0.29, 0.717) is 22.0 Å². The summed E-state index contributed by atoms with van der Waals surface area (Å²) in [7, 11) is 0. The van der Waals surface area contributed by atoms with E-state index in [-0.39, 0.29) is 30.0 Å². The lowest BCUT2D eigenvalue weighted by Crippen LogP contribution is -2.42. The molecule has 1 atom stereocenters. The maximum absolute atomic E-state index is 14.0. The van der Waals surface area contributed by atoms with Crippen molar-refractivity contribution in [1.29, 1.82) is 5.26 Å². The van der Waals surface area contributed by atoms with Gasteiger partial charge in [0, 0.05) is 29.5 Å². The molecule has 0 bridgehead atoms. The summed E-state index contributed by atoms with van der Waals surface area (Å²) in [6.45, 7) is 1.65. The number of alkyl halides is 3. The molecule has 0 aliphatic heterocycles. The van der Waals surface area contributed by atoms with Crippen molar-refractivity contribution < 1.29 is 36.7 Å². The van der Waals surface area contributed by atoms with Crippen molar-refractivity contribution in [2.75, 3.05) is 5.32 Å². The minimum Gasteiger partial charge on any atom is -0.420 e. The highest BCUT2D eigenvalue weighted by molar-refractivity contribution is 6.05. The van der Waals surface area contributed by atoms with E-state index < -0.39 is 35.8 Å². The van der Waals surface area contributed by atoms with Crippen LogP contribution in [-0.4, -0.2) is 39.6 Å². The lowest BCUT2D eigenvalue weighted by molar-refractivity contribution is -0.189. The molecule has 0 aliphatic carbocycles. The van der Waals surface area contributed by atoms with E-state index in [0.717, 1.165) is 0 Å². The molecule has 0 spiro atoms. The van der Waals surface area contributed by atoms with Gasteiger partial charge in [0.2, 0.25) is 11.8 Å². The zero-order chi connectivity index (χ0) is 29.7. The van der Waals surface area contributed by atoms with Crippen molar-refractivity contribution in [2.24, 2.45) is 0 Å². The molecule has 4 aromatic rings. The maximum Gasteiger partial charge on any atom is 0.491 e. The molecular weight excluding hydrogens is 546 g/mol. The Morgan fingerprint density at radius 1 is 1.12 bits per heavy atom. The second-order valence-corrected chi connectivity index (χ2v) is 8.97. The molecule has 0 saturated heterocycles. The number of anilines is 1. The Hall–Kier alpha value is -5.25. The molecule has 9 nitrogen and oxygen atoms in total. The molecule has 2 N–H and O–H groups in total. The first-order valence-electron chi connectivity index (χ1n) is 12.0. The van der Waals surface area contributed by atoms with Crippen LogP contribution in [0.15, 0.2) is 67.1 Å². The van der Waals surface area contributed by atoms with Gasteiger partial charge in [-0.2, -0.15) is 18.4 Å². The van der Waals surface area contributed by atoms with Crippen LogP contribution in [0.5, 0.6) is 5.75 Å². The first-order valence-corrected chi connectivity index (χ1v) is 12.0. The Morgan fingerprint density at radius 2 is 1.90 bits per heavy atom. The van der Waals surface area contributed by atoms with Crippen LogP contribution in [0.25, 0.3) is 10.8 Å². The highest BCUT2D eigenvalue weighted by Crippen LogP contribution is 2.29. The first-order chi connectivity index (χ1) is 19.4. The number of aromatic nitrogens is 2. The Morgan fingerprint density at radius 3 is 2.61 bits per heavy atom. The minimum atomic E-state index is -5.17. The molecule has 1 heterocycles. The highest BCUT2D eigenvalue weighted by Gasteiger charge is 2.41. The molecule has 4 rings (SSSR count). The molecule has 41 heavy (non-hydrogen) atoms. The van der Waals surface area contributed by atoms with Gasteiger partial charge in [-0.05, 0) is 48.2 Å². The molecule has 1 aromatic heterocycles. The van der Waals surface area contributed by atoms with Gasteiger partial charge in [-0.25, -0.2) is 14.2 Å². The monoisotopic (exact) mass is 567 g/mol. The third-order valence-corrected chi connectivity index (χ3v) is 5.97. The molecule has 0 fully saturated rings. The zero-order valence-corrected chi connectivity index (χ0v) is 21.3. The van der Waals surface area contributed by atoms with Crippen molar-refractivity contribution in [3.05, 3.63) is 89.8 Å². The maximum atomic E-state index is 14.0. The topological polar surface area (TPSA) is 126 Å². The summed E-state index contributed by atoms with van der Waals surface area (Å²) in [4.78, 5) is 40.8. The van der Waals surface area contributed by atoms with Crippen LogP contribution in [0.2, 0.25) is 0 Å². The number of hydrogen-bond acceptors (Lipinski definition) is 6. The van der Waals surface area contributed by atoms with Crippen LogP contribution in [0, 0.1) is 17.1 Å². The fourth-order valence-corrected chi connectivity index (χ4v) is 3.93. The Bertz CT molecular complexity index is 1680. The standard InChI is InChI=1S/C28H21F4N5O4/c1-16(35-25(38)10-20-13-34-15-37(20)14-17-5-6-19(12-33)23(29)9-17)26(39)36-24-4-2-3-18-7-8-21(11-22(18)24)41-27(40)28(30,31)32/h2-9,11,13,15-16H,10,14H2,1H3,(H,35,38)(H,36,39)/t16-/m1/s1. The van der Waals surface area contributed by atoms with E-state index >= 15 is 0 Å². The fourth-order valence-electron chi connectivity index (χ4n) is 3.93. The van der Waals surface area contributed by atoms with E-state index in [1.54, 1.807) is 28.8 Å². The van der Waals surface area contributed by atoms with Gasteiger partial charge >= 0.3 is 12.1 Å². The number of amides is 2. The van der Waals surface area contributed by atoms with Crippen molar-refractivity contribution in [3.8, 4) is 11.8 Å². The predicted octanol–water partition coefficient (Wildman–Crippen LogP) is 4.25. The van der Waals surface area contributed by atoms with E-state index in [1.165, 1.54) is 55.8 Å². The summed E-state index contributed by atoms with van der Waals surface area (Å²) < 4.78 is 57.7. The van der Waals surface area contributed by atoms with Gasteiger partial charge in [0.25, 0.3) is 0 Å². The Labute approximate surface area is 230 Å². The molecular formula is C28H21F4N5O4. The molecule has 0 unspecified atom stereocenters. The lowest BCUT2D eigenvalue weighted by atomic mass is 10.1. The van der Waals surface area contributed by atoms with Gasteiger partial charge in [0.15, 0.2) is 0 Å². The van der Waals surface area contributed by atoms with E-state index in [1.807, 2.05) is 0 Å². The van der Waals surface area contributed by atoms with Gasteiger partial charge in [0.1, 0.15) is 23.7 Å². The summed E-state index contributed by atoms with van der Waals surface area (Å²) in [6.07, 6.45) is -2.38. The van der Waals surface area contributed by atoms with Crippen molar-refractivity contribution in [3.63, 3.8) is 0 Å². The third kappa shape index (κ3) is 7.04. The number of esters is 1. The number of rotatable bonds is 8. The summed E-state index contributed by atoms with van der Waals surface area (Å²) in [5.74, 6) is -4.50. The van der Waals surface area contributed by atoms with Crippen LogP contribution in [0.4, 0.5) is 23.2 Å². The number of halogens is 4. The van der Waals surface area contributed by atoms with Crippen LogP contribution >= 0.6 is 0 Å². The average molecular weight is 567 g/mol. The Kier molecular flexibility index (Phi) is 8.32. The number of hydrogen-bond donors (Lipinski definition) is 2. The number of nitrogens with zero attached hydrogens (tertiary/aromatic N) is 3. The van der Waals surface area contributed by atoms with Gasteiger partial charge in [-0.3, -0.25) is 9.59 Å². The van der Waals surface area contributed by atoms with Crippen molar-refractivity contribution in [2.45, 2.75) is 32.1 Å². The second-order valence-electron chi connectivity index (χ2n) is 8.97. The minimum absolute atomic E-state index is 0.0833. The number of carbonyl (C=O) groups is 3. The molecule has 210 valence electrons. The molecule has 13 heteroatoms. The van der Waals surface area contributed by atoms with Crippen LogP contribution < -0.4 is 15.4 Å². The first kappa shape index (κ1) is 28.8.